The monoisotopic (exact) mass is 351 g/mol. The van der Waals surface area contributed by atoms with Crippen molar-refractivity contribution in [1.82, 2.24) is 23.1 Å². The molecule has 1 aromatic carbocycles. The molecule has 7 nitrogen and oxygen atoms in total. The molecule has 0 saturated carbocycles. The molecule has 7 heteroatoms. The van der Waals surface area contributed by atoms with Gasteiger partial charge in [-0.2, -0.15) is 4.98 Å². The Labute approximate surface area is 149 Å². The van der Waals surface area contributed by atoms with E-state index in [1.54, 1.807) is 18.4 Å². The second-order valence-electron chi connectivity index (χ2n) is 6.57. The predicted molar refractivity (Wildman–Crippen MR) is 101 cm³/mol. The molecule has 134 valence electrons. The number of rotatable bonds is 3. The minimum absolute atomic E-state index is 0.0518. The number of benzene rings is 1. The Kier molecular flexibility index (Phi) is 3.61. The molecule has 1 unspecified atom stereocenters. The third-order valence-corrected chi connectivity index (χ3v) is 5.05. The van der Waals surface area contributed by atoms with Crippen LogP contribution in [0.4, 0.5) is 0 Å². The van der Waals surface area contributed by atoms with Gasteiger partial charge in [0.2, 0.25) is 5.78 Å². The SMILES string of the molecule is CCn1c(=O)c2c(nc3n(C(C)c4ccccc4)c(C)cn23)n(C)c1=O. The van der Waals surface area contributed by atoms with Gasteiger partial charge >= 0.3 is 5.69 Å². The zero-order valence-electron chi connectivity index (χ0n) is 15.3. The first kappa shape index (κ1) is 16.4. The minimum atomic E-state index is -0.342. The summed E-state index contributed by atoms with van der Waals surface area (Å²) in [7, 11) is 1.65. The van der Waals surface area contributed by atoms with Crippen molar-refractivity contribution in [1.29, 1.82) is 0 Å². The first-order valence-corrected chi connectivity index (χ1v) is 8.70. The lowest BCUT2D eigenvalue weighted by molar-refractivity contribution is 0.634. The number of hydrogen-bond donors (Lipinski definition) is 0. The summed E-state index contributed by atoms with van der Waals surface area (Å²) >= 11 is 0. The minimum Gasteiger partial charge on any atom is -0.307 e. The number of aryl methyl sites for hydroxylation is 2. The molecule has 4 aromatic rings. The van der Waals surface area contributed by atoms with Crippen molar-refractivity contribution in [2.45, 2.75) is 33.4 Å². The molecular formula is C19H21N5O2. The summed E-state index contributed by atoms with van der Waals surface area (Å²) in [5.41, 5.74) is 2.36. The van der Waals surface area contributed by atoms with Crippen LogP contribution in [0.5, 0.6) is 0 Å². The maximum atomic E-state index is 12.8. The van der Waals surface area contributed by atoms with Gasteiger partial charge in [0.25, 0.3) is 5.56 Å². The lowest BCUT2D eigenvalue weighted by Gasteiger charge is -2.16. The Morgan fingerprint density at radius 3 is 2.50 bits per heavy atom. The van der Waals surface area contributed by atoms with Crippen molar-refractivity contribution < 1.29 is 0 Å². The third kappa shape index (κ3) is 2.09. The largest absolute Gasteiger partial charge is 0.332 e. The molecule has 0 amide bonds. The molecule has 0 aliphatic rings. The van der Waals surface area contributed by atoms with Gasteiger partial charge in [0.1, 0.15) is 0 Å². The summed E-state index contributed by atoms with van der Waals surface area (Å²) < 4.78 is 6.58. The molecular weight excluding hydrogens is 330 g/mol. The van der Waals surface area contributed by atoms with Crippen LogP contribution in [0.3, 0.4) is 0 Å². The summed E-state index contributed by atoms with van der Waals surface area (Å²) in [6.07, 6.45) is 1.91. The smallest absolute Gasteiger partial charge is 0.307 e. The lowest BCUT2D eigenvalue weighted by atomic mass is 10.1. The molecule has 0 aliphatic carbocycles. The molecule has 1 atom stereocenters. The van der Waals surface area contributed by atoms with E-state index in [4.69, 9.17) is 0 Å². The fraction of sp³-hybridized carbons (Fsp3) is 0.316. The van der Waals surface area contributed by atoms with E-state index in [1.807, 2.05) is 31.3 Å². The van der Waals surface area contributed by atoms with Crippen LogP contribution in [0.15, 0.2) is 46.1 Å². The van der Waals surface area contributed by atoms with Crippen molar-refractivity contribution in [3.8, 4) is 0 Å². The topological polar surface area (TPSA) is 66.2 Å². The van der Waals surface area contributed by atoms with Gasteiger partial charge in [0.05, 0.1) is 6.04 Å². The van der Waals surface area contributed by atoms with E-state index >= 15 is 0 Å². The molecule has 0 bridgehead atoms. The molecule has 0 aliphatic heterocycles. The van der Waals surface area contributed by atoms with E-state index in [-0.39, 0.29) is 17.3 Å². The summed E-state index contributed by atoms with van der Waals surface area (Å²) in [6.45, 7) is 6.22. The van der Waals surface area contributed by atoms with Crippen molar-refractivity contribution in [3.05, 3.63) is 68.6 Å². The van der Waals surface area contributed by atoms with Gasteiger partial charge in [-0.05, 0) is 26.3 Å². The Morgan fingerprint density at radius 2 is 1.85 bits per heavy atom. The van der Waals surface area contributed by atoms with Crippen LogP contribution in [0.2, 0.25) is 0 Å². The normalized spacial score (nSPS) is 12.9. The van der Waals surface area contributed by atoms with Crippen molar-refractivity contribution in [2.75, 3.05) is 0 Å². The highest BCUT2D eigenvalue weighted by Gasteiger charge is 2.22. The van der Waals surface area contributed by atoms with Crippen molar-refractivity contribution in [3.63, 3.8) is 0 Å². The van der Waals surface area contributed by atoms with Gasteiger partial charge in [-0.1, -0.05) is 30.3 Å². The second kappa shape index (κ2) is 5.72. The van der Waals surface area contributed by atoms with Crippen LogP contribution in [-0.2, 0) is 13.6 Å². The fourth-order valence-electron chi connectivity index (χ4n) is 3.67. The van der Waals surface area contributed by atoms with Gasteiger partial charge in [0, 0.05) is 25.5 Å². The molecule has 0 fully saturated rings. The highest BCUT2D eigenvalue weighted by Crippen LogP contribution is 2.25. The lowest BCUT2D eigenvalue weighted by Crippen LogP contribution is -2.38. The molecule has 4 rings (SSSR count). The van der Waals surface area contributed by atoms with E-state index < -0.39 is 0 Å². The van der Waals surface area contributed by atoms with E-state index in [0.717, 1.165) is 11.3 Å². The average molecular weight is 351 g/mol. The molecule has 3 aromatic heterocycles. The van der Waals surface area contributed by atoms with Crippen LogP contribution in [-0.4, -0.2) is 23.1 Å². The van der Waals surface area contributed by atoms with E-state index in [0.29, 0.717) is 23.5 Å². The van der Waals surface area contributed by atoms with Gasteiger partial charge in [-0.15, -0.1) is 0 Å². The Balaban J connectivity index is 2.09. The average Bonchev–Trinajstić information content (AvgIpc) is 3.15. The molecule has 0 spiro atoms. The fourth-order valence-corrected chi connectivity index (χ4v) is 3.67. The number of nitrogens with zero attached hydrogens (tertiary/aromatic N) is 5. The quantitative estimate of drug-likeness (QED) is 0.568. The van der Waals surface area contributed by atoms with E-state index in [2.05, 4.69) is 28.6 Å². The summed E-state index contributed by atoms with van der Waals surface area (Å²) in [6, 6.07) is 10.2. The number of hydrogen-bond acceptors (Lipinski definition) is 3. The van der Waals surface area contributed by atoms with Gasteiger partial charge in [-0.25, -0.2) is 4.79 Å². The number of fused-ring (bicyclic) bond motifs is 3. The summed E-state index contributed by atoms with van der Waals surface area (Å²) in [4.78, 5) is 29.9. The van der Waals surface area contributed by atoms with E-state index in [1.165, 1.54) is 9.13 Å². The highest BCUT2D eigenvalue weighted by atomic mass is 16.2. The van der Waals surface area contributed by atoms with Crippen LogP contribution >= 0.6 is 0 Å². The standard InChI is InChI=1S/C19H21N5O2/c1-5-22-17(25)15-16(21(4)19(22)26)20-18-23(15)11-12(2)24(18)13(3)14-9-7-6-8-10-14/h6-11,13H,5H2,1-4H3. The van der Waals surface area contributed by atoms with Gasteiger partial charge in [0.15, 0.2) is 11.2 Å². The van der Waals surface area contributed by atoms with Crippen LogP contribution in [0, 0.1) is 6.92 Å². The predicted octanol–water partition coefficient (Wildman–Crippen LogP) is 2.09. The second-order valence-corrected chi connectivity index (χ2v) is 6.57. The van der Waals surface area contributed by atoms with Gasteiger partial charge in [-0.3, -0.25) is 18.3 Å². The number of aromatic nitrogens is 5. The van der Waals surface area contributed by atoms with Crippen LogP contribution in [0.25, 0.3) is 16.9 Å². The summed E-state index contributed by atoms with van der Waals surface area (Å²) in [5.74, 6) is 0.662. The first-order valence-electron chi connectivity index (χ1n) is 8.70. The zero-order valence-corrected chi connectivity index (χ0v) is 15.3. The molecule has 0 radical (unpaired) electrons. The van der Waals surface area contributed by atoms with Crippen molar-refractivity contribution in [2.24, 2.45) is 7.05 Å². The van der Waals surface area contributed by atoms with Gasteiger partial charge < -0.3 is 4.57 Å². The maximum Gasteiger partial charge on any atom is 0.332 e. The summed E-state index contributed by atoms with van der Waals surface area (Å²) in [5, 5.41) is 0. The van der Waals surface area contributed by atoms with Crippen LogP contribution < -0.4 is 11.2 Å². The Morgan fingerprint density at radius 1 is 1.15 bits per heavy atom. The molecule has 0 saturated heterocycles. The molecule has 3 heterocycles. The first-order chi connectivity index (χ1) is 12.5. The highest BCUT2D eigenvalue weighted by molar-refractivity contribution is 5.75. The Bertz CT molecular complexity index is 1240. The Hall–Kier alpha value is -3.09. The number of imidazole rings is 2. The van der Waals surface area contributed by atoms with Crippen LogP contribution in [0.1, 0.15) is 31.1 Å². The third-order valence-electron chi connectivity index (χ3n) is 5.05. The molecule has 26 heavy (non-hydrogen) atoms. The molecule has 0 N–H and O–H groups in total. The maximum absolute atomic E-state index is 12.8. The van der Waals surface area contributed by atoms with E-state index in [9.17, 15) is 9.59 Å². The zero-order chi connectivity index (χ0) is 18.6. The van der Waals surface area contributed by atoms with Crippen molar-refractivity contribution >= 4 is 16.9 Å².